The van der Waals surface area contributed by atoms with Crippen LogP contribution in [0.5, 0.6) is 5.75 Å². The van der Waals surface area contributed by atoms with Crippen LogP contribution in [0.25, 0.3) is 5.69 Å². The van der Waals surface area contributed by atoms with Crippen LogP contribution < -0.4 is 5.32 Å². The summed E-state index contributed by atoms with van der Waals surface area (Å²) in [5, 5.41) is 16.9. The summed E-state index contributed by atoms with van der Waals surface area (Å²) >= 11 is 3.40. The van der Waals surface area contributed by atoms with Crippen LogP contribution in [0, 0.1) is 6.92 Å². The molecule has 0 aliphatic rings. The zero-order valence-electron chi connectivity index (χ0n) is 13.0. The van der Waals surface area contributed by atoms with Gasteiger partial charge in [0.2, 0.25) is 0 Å². The Morgan fingerprint density at radius 3 is 2.62 bits per heavy atom. The number of halogens is 1. The van der Waals surface area contributed by atoms with Crippen molar-refractivity contribution in [1.29, 1.82) is 0 Å². The van der Waals surface area contributed by atoms with Gasteiger partial charge in [-0.2, -0.15) is 5.10 Å². The predicted molar refractivity (Wildman–Crippen MR) is 95.3 cm³/mol. The highest BCUT2D eigenvalue weighted by atomic mass is 79.9. The molecule has 0 saturated carbocycles. The first kappa shape index (κ1) is 16.3. The molecule has 1 amide bonds. The van der Waals surface area contributed by atoms with Crippen LogP contribution >= 0.6 is 15.9 Å². The molecular weight excluding hydrogens is 370 g/mol. The highest BCUT2D eigenvalue weighted by Crippen LogP contribution is 2.18. The number of rotatable bonds is 4. The molecule has 2 aromatic carbocycles. The molecule has 3 aromatic rings. The summed E-state index contributed by atoms with van der Waals surface area (Å²) in [7, 11) is 0. The number of nitrogens with one attached hydrogen (secondary N) is 1. The van der Waals surface area contributed by atoms with E-state index in [0.29, 0.717) is 11.1 Å². The first-order valence-electron chi connectivity index (χ1n) is 7.42. The topological polar surface area (TPSA) is 67.2 Å². The van der Waals surface area contributed by atoms with Gasteiger partial charge in [-0.05, 0) is 37.3 Å². The van der Waals surface area contributed by atoms with E-state index >= 15 is 0 Å². The Bertz CT molecular complexity index is 872. The molecule has 0 bridgehead atoms. The molecule has 5 nitrogen and oxygen atoms in total. The van der Waals surface area contributed by atoms with Crippen molar-refractivity contribution in [3.63, 3.8) is 0 Å². The number of para-hydroxylation sites is 1. The van der Waals surface area contributed by atoms with Crippen LogP contribution in [-0.4, -0.2) is 20.8 Å². The molecular formula is C18H16BrN3O2. The number of phenolic OH excluding ortho intramolecular Hbond substituents is 1. The van der Waals surface area contributed by atoms with Gasteiger partial charge in [-0.1, -0.05) is 34.1 Å². The molecule has 0 fully saturated rings. The molecule has 0 unspecified atom stereocenters. The normalized spacial score (nSPS) is 10.6. The highest BCUT2D eigenvalue weighted by Gasteiger charge is 2.15. The molecule has 1 aromatic heterocycles. The van der Waals surface area contributed by atoms with E-state index in [2.05, 4.69) is 26.3 Å². The van der Waals surface area contributed by atoms with Crippen molar-refractivity contribution in [2.75, 3.05) is 0 Å². The van der Waals surface area contributed by atoms with Crippen molar-refractivity contribution in [3.05, 3.63) is 76.0 Å². The maximum absolute atomic E-state index is 12.4. The van der Waals surface area contributed by atoms with E-state index in [0.717, 1.165) is 15.9 Å². The Hall–Kier alpha value is -2.60. The van der Waals surface area contributed by atoms with Gasteiger partial charge in [-0.15, -0.1) is 0 Å². The van der Waals surface area contributed by atoms with E-state index in [1.165, 1.54) is 0 Å². The third-order valence-corrected chi connectivity index (χ3v) is 4.29. The zero-order chi connectivity index (χ0) is 17.1. The van der Waals surface area contributed by atoms with Crippen LogP contribution in [0.4, 0.5) is 0 Å². The van der Waals surface area contributed by atoms with Gasteiger partial charge in [0, 0.05) is 16.6 Å². The number of carbonyl (C=O) groups is 1. The SMILES string of the molecule is Cc1c(C(=O)NCc2ccccc2O)cnn1-c1ccc(Br)cc1. The fourth-order valence-electron chi connectivity index (χ4n) is 2.41. The monoisotopic (exact) mass is 385 g/mol. The van der Waals surface area contributed by atoms with Crippen LogP contribution in [0.15, 0.2) is 59.2 Å². The molecule has 122 valence electrons. The summed E-state index contributed by atoms with van der Waals surface area (Å²) in [4.78, 5) is 12.4. The number of aromatic hydroxyl groups is 1. The summed E-state index contributed by atoms with van der Waals surface area (Å²) in [5.41, 5.74) is 2.82. The molecule has 24 heavy (non-hydrogen) atoms. The second-order valence-electron chi connectivity index (χ2n) is 5.34. The van der Waals surface area contributed by atoms with Crippen molar-refractivity contribution < 1.29 is 9.90 Å². The van der Waals surface area contributed by atoms with Crippen molar-refractivity contribution in [2.24, 2.45) is 0 Å². The van der Waals surface area contributed by atoms with Gasteiger partial charge in [0.15, 0.2) is 0 Å². The third-order valence-electron chi connectivity index (χ3n) is 3.76. The minimum absolute atomic E-state index is 0.167. The third kappa shape index (κ3) is 3.33. The van der Waals surface area contributed by atoms with Gasteiger partial charge in [-0.3, -0.25) is 4.79 Å². The summed E-state index contributed by atoms with van der Waals surface area (Å²) in [6.45, 7) is 2.11. The first-order valence-corrected chi connectivity index (χ1v) is 8.21. The molecule has 1 heterocycles. The van der Waals surface area contributed by atoms with E-state index in [1.807, 2.05) is 37.3 Å². The van der Waals surface area contributed by atoms with Crippen LogP contribution in [-0.2, 0) is 6.54 Å². The minimum atomic E-state index is -0.223. The van der Waals surface area contributed by atoms with E-state index in [1.54, 1.807) is 29.1 Å². The van der Waals surface area contributed by atoms with Gasteiger partial charge in [0.25, 0.3) is 5.91 Å². The highest BCUT2D eigenvalue weighted by molar-refractivity contribution is 9.10. The standard InChI is InChI=1S/C18H16BrN3O2/c1-12-16(11-21-22(12)15-8-6-14(19)7-9-15)18(24)20-10-13-4-2-3-5-17(13)23/h2-9,11,23H,10H2,1H3,(H,20,24). The van der Waals surface area contributed by atoms with Gasteiger partial charge in [0.1, 0.15) is 5.75 Å². The maximum atomic E-state index is 12.4. The van der Waals surface area contributed by atoms with Gasteiger partial charge in [0.05, 0.1) is 23.1 Å². The van der Waals surface area contributed by atoms with Crippen LogP contribution in [0.2, 0.25) is 0 Å². The molecule has 0 radical (unpaired) electrons. The molecule has 0 saturated heterocycles. The summed E-state index contributed by atoms with van der Waals surface area (Å²) in [6, 6.07) is 14.6. The van der Waals surface area contributed by atoms with Crippen LogP contribution in [0.3, 0.4) is 0 Å². The Morgan fingerprint density at radius 2 is 1.92 bits per heavy atom. The molecule has 0 aliphatic heterocycles. The summed E-state index contributed by atoms with van der Waals surface area (Å²) in [5.74, 6) is -0.0563. The zero-order valence-corrected chi connectivity index (χ0v) is 14.6. The second-order valence-corrected chi connectivity index (χ2v) is 6.26. The Kier molecular flexibility index (Phi) is 4.66. The lowest BCUT2D eigenvalue weighted by atomic mass is 10.2. The Labute approximate surface area is 148 Å². The Morgan fingerprint density at radius 1 is 1.21 bits per heavy atom. The number of hydrogen-bond acceptors (Lipinski definition) is 3. The molecule has 2 N–H and O–H groups in total. The van der Waals surface area contributed by atoms with E-state index < -0.39 is 0 Å². The number of nitrogens with zero attached hydrogens (tertiary/aromatic N) is 2. The number of benzene rings is 2. The predicted octanol–water partition coefficient (Wildman–Crippen LogP) is 3.58. The fraction of sp³-hybridized carbons (Fsp3) is 0.111. The van der Waals surface area contributed by atoms with Gasteiger partial charge >= 0.3 is 0 Å². The quantitative estimate of drug-likeness (QED) is 0.721. The lowest BCUT2D eigenvalue weighted by Crippen LogP contribution is -2.23. The number of carbonyl (C=O) groups excluding carboxylic acids is 1. The molecule has 3 rings (SSSR count). The van der Waals surface area contributed by atoms with Crippen molar-refractivity contribution in [1.82, 2.24) is 15.1 Å². The van der Waals surface area contributed by atoms with Crippen LogP contribution in [0.1, 0.15) is 21.6 Å². The molecule has 0 aliphatic carbocycles. The van der Waals surface area contributed by atoms with E-state index in [4.69, 9.17) is 0 Å². The van der Waals surface area contributed by atoms with E-state index in [9.17, 15) is 9.90 Å². The lowest BCUT2D eigenvalue weighted by molar-refractivity contribution is 0.0950. The second kappa shape index (κ2) is 6.88. The summed E-state index contributed by atoms with van der Waals surface area (Å²) < 4.78 is 2.71. The number of hydrogen-bond donors (Lipinski definition) is 2. The number of phenols is 1. The fourth-order valence-corrected chi connectivity index (χ4v) is 2.67. The largest absolute Gasteiger partial charge is 0.508 e. The average Bonchev–Trinajstić information content (AvgIpc) is 2.96. The number of amides is 1. The van der Waals surface area contributed by atoms with E-state index in [-0.39, 0.29) is 18.2 Å². The van der Waals surface area contributed by atoms with Gasteiger partial charge in [-0.25, -0.2) is 4.68 Å². The minimum Gasteiger partial charge on any atom is -0.508 e. The average molecular weight is 386 g/mol. The maximum Gasteiger partial charge on any atom is 0.255 e. The molecule has 6 heteroatoms. The summed E-state index contributed by atoms with van der Waals surface area (Å²) in [6.07, 6.45) is 1.55. The van der Waals surface area contributed by atoms with Crippen molar-refractivity contribution in [3.8, 4) is 11.4 Å². The van der Waals surface area contributed by atoms with Gasteiger partial charge < -0.3 is 10.4 Å². The molecule has 0 atom stereocenters. The lowest BCUT2D eigenvalue weighted by Gasteiger charge is -2.08. The Balaban J connectivity index is 1.76. The number of aromatic nitrogens is 2. The first-order chi connectivity index (χ1) is 11.6. The van der Waals surface area contributed by atoms with Crippen molar-refractivity contribution in [2.45, 2.75) is 13.5 Å². The smallest absolute Gasteiger partial charge is 0.255 e. The van der Waals surface area contributed by atoms with Crippen molar-refractivity contribution >= 4 is 21.8 Å². The molecule has 0 spiro atoms.